The average Bonchev–Trinajstić information content (AvgIpc) is 2.71. The predicted octanol–water partition coefficient (Wildman–Crippen LogP) is 2.65. The number of nitrogens with zero attached hydrogens (tertiary/aromatic N) is 1. The van der Waals surface area contributed by atoms with Gasteiger partial charge in [0.25, 0.3) is 5.91 Å². The number of nitrogens with one attached hydrogen (secondary N) is 1. The van der Waals surface area contributed by atoms with Crippen LogP contribution in [0.4, 0.5) is 0 Å². The zero-order chi connectivity index (χ0) is 22.1. The molecular weight excluding hydrogens is 496 g/mol. The monoisotopic (exact) mass is 516 g/mol. The van der Waals surface area contributed by atoms with Crippen LogP contribution in [0.25, 0.3) is 0 Å². The van der Waals surface area contributed by atoms with Gasteiger partial charge in [0.1, 0.15) is 17.5 Å². The van der Waals surface area contributed by atoms with Crippen LogP contribution in [0, 0.1) is 0 Å². The fraction of sp³-hybridized carbons (Fsp3) is 0.316. The van der Waals surface area contributed by atoms with Crippen molar-refractivity contribution in [2.24, 2.45) is 0 Å². The molecule has 0 aliphatic carbocycles. The second-order valence-corrected chi connectivity index (χ2v) is 12.1. The molecule has 1 amide bonds. The van der Waals surface area contributed by atoms with E-state index in [1.807, 2.05) is 12.1 Å². The van der Waals surface area contributed by atoms with Gasteiger partial charge in [0.05, 0.1) is 9.64 Å². The standard InChI is InChI=1S/C19H21BrN2O6S2/c1-19(2)17(18(23)21-24)22(11-12-29(19)25)30(26,27)16-9-7-15(8-10-16)28-14-5-3-13(20)4-6-14/h3-10,17,24H,11-12H2,1-2H3,(H,21,23)/t17-,29+/m0/s1. The minimum atomic E-state index is -4.09. The molecule has 0 aromatic heterocycles. The van der Waals surface area contributed by atoms with Crippen LogP contribution in [0.3, 0.4) is 0 Å². The Hall–Kier alpha value is -1.79. The van der Waals surface area contributed by atoms with Gasteiger partial charge in [-0.05, 0) is 62.4 Å². The molecule has 30 heavy (non-hydrogen) atoms. The summed E-state index contributed by atoms with van der Waals surface area (Å²) >= 11 is 3.34. The topological polar surface area (TPSA) is 113 Å². The van der Waals surface area contributed by atoms with Crippen molar-refractivity contribution >= 4 is 42.7 Å². The first-order chi connectivity index (χ1) is 14.1. The molecule has 1 heterocycles. The molecule has 1 fully saturated rings. The third kappa shape index (κ3) is 4.45. The van der Waals surface area contributed by atoms with Gasteiger partial charge >= 0.3 is 0 Å². The highest BCUT2D eigenvalue weighted by molar-refractivity contribution is 9.10. The van der Waals surface area contributed by atoms with Crippen LogP contribution in [0.5, 0.6) is 11.5 Å². The zero-order valence-electron chi connectivity index (χ0n) is 16.2. The van der Waals surface area contributed by atoms with Crippen molar-refractivity contribution in [2.45, 2.75) is 29.5 Å². The summed E-state index contributed by atoms with van der Waals surface area (Å²) in [5.41, 5.74) is 1.50. The van der Waals surface area contributed by atoms with E-state index in [4.69, 9.17) is 9.94 Å². The Morgan fingerprint density at radius 3 is 2.23 bits per heavy atom. The van der Waals surface area contributed by atoms with Crippen LogP contribution in [0.15, 0.2) is 57.9 Å². The number of ether oxygens (including phenoxy) is 1. The SMILES string of the molecule is CC1(C)[C@H](C(=O)NO)N(S(=O)(=O)c2ccc(Oc3ccc(Br)cc3)cc2)CC[S@]1=O. The number of hydrogen-bond donors (Lipinski definition) is 2. The van der Waals surface area contributed by atoms with Crippen LogP contribution >= 0.6 is 15.9 Å². The van der Waals surface area contributed by atoms with Gasteiger partial charge in [-0.15, -0.1) is 0 Å². The highest BCUT2D eigenvalue weighted by Gasteiger charge is 2.51. The number of amides is 1. The summed E-state index contributed by atoms with van der Waals surface area (Å²) in [5.74, 6) is 0.202. The van der Waals surface area contributed by atoms with Crippen LogP contribution in [-0.4, -0.2) is 51.1 Å². The Kier molecular flexibility index (Phi) is 6.68. The molecule has 3 rings (SSSR count). The first-order valence-corrected chi connectivity index (χ1v) is 12.5. The van der Waals surface area contributed by atoms with E-state index >= 15 is 0 Å². The quantitative estimate of drug-likeness (QED) is 0.466. The minimum absolute atomic E-state index is 0.0371. The number of hydroxylamine groups is 1. The Balaban J connectivity index is 1.89. The van der Waals surface area contributed by atoms with E-state index in [1.165, 1.54) is 29.7 Å². The summed E-state index contributed by atoms with van der Waals surface area (Å²) in [6.45, 7) is 2.98. The molecule has 1 aliphatic rings. The lowest BCUT2D eigenvalue weighted by molar-refractivity contribution is -0.134. The molecule has 1 aliphatic heterocycles. The lowest BCUT2D eigenvalue weighted by Crippen LogP contribution is -2.64. The third-order valence-corrected chi connectivity index (χ3v) is 9.23. The molecule has 8 nitrogen and oxygen atoms in total. The molecule has 2 aromatic carbocycles. The maximum atomic E-state index is 13.2. The van der Waals surface area contributed by atoms with Gasteiger partial charge in [-0.25, -0.2) is 13.9 Å². The van der Waals surface area contributed by atoms with Crippen molar-refractivity contribution < 1.29 is 27.4 Å². The van der Waals surface area contributed by atoms with Crippen LogP contribution < -0.4 is 10.2 Å². The second kappa shape index (κ2) is 8.75. The molecule has 0 bridgehead atoms. The number of halogens is 1. The maximum Gasteiger partial charge on any atom is 0.263 e. The fourth-order valence-electron chi connectivity index (χ4n) is 3.26. The van der Waals surface area contributed by atoms with Gasteiger partial charge in [-0.1, -0.05) is 15.9 Å². The highest BCUT2D eigenvalue weighted by atomic mass is 79.9. The Morgan fingerprint density at radius 1 is 1.17 bits per heavy atom. The second-order valence-electron chi connectivity index (χ2n) is 7.17. The smallest absolute Gasteiger partial charge is 0.263 e. The van der Waals surface area contributed by atoms with E-state index in [1.54, 1.807) is 26.0 Å². The summed E-state index contributed by atoms with van der Waals surface area (Å²) in [5, 5.41) is 9.11. The molecule has 0 unspecified atom stereocenters. The summed E-state index contributed by atoms with van der Waals surface area (Å²) in [6.07, 6.45) is 0. The van der Waals surface area contributed by atoms with E-state index in [2.05, 4.69) is 15.9 Å². The molecule has 11 heteroatoms. The van der Waals surface area contributed by atoms with Crippen LogP contribution in [-0.2, 0) is 25.6 Å². The molecule has 0 saturated carbocycles. The number of hydrogen-bond acceptors (Lipinski definition) is 6. The Morgan fingerprint density at radius 2 is 1.70 bits per heavy atom. The largest absolute Gasteiger partial charge is 0.457 e. The van der Waals surface area contributed by atoms with E-state index in [0.29, 0.717) is 11.5 Å². The van der Waals surface area contributed by atoms with Gasteiger partial charge in [0, 0.05) is 27.6 Å². The zero-order valence-corrected chi connectivity index (χ0v) is 19.5. The summed E-state index contributed by atoms with van der Waals surface area (Å²) in [6, 6.07) is 11.7. The molecule has 0 radical (unpaired) electrons. The number of sulfonamides is 1. The van der Waals surface area contributed by atoms with E-state index in [-0.39, 0.29) is 17.2 Å². The van der Waals surface area contributed by atoms with E-state index < -0.39 is 37.5 Å². The molecule has 0 spiro atoms. The van der Waals surface area contributed by atoms with Gasteiger partial charge in [-0.3, -0.25) is 14.2 Å². The number of carbonyl (C=O) groups is 1. The van der Waals surface area contributed by atoms with E-state index in [9.17, 15) is 17.4 Å². The highest BCUT2D eigenvalue weighted by Crippen LogP contribution is 2.33. The first-order valence-electron chi connectivity index (χ1n) is 8.95. The normalized spacial score (nSPS) is 21.7. The van der Waals surface area contributed by atoms with Crippen molar-refractivity contribution in [3.63, 3.8) is 0 Å². The maximum absolute atomic E-state index is 13.2. The number of rotatable bonds is 5. The molecule has 1 saturated heterocycles. The third-order valence-electron chi connectivity index (χ3n) is 4.87. The molecular formula is C19H21BrN2O6S2. The number of carbonyl (C=O) groups excluding carboxylic acids is 1. The average molecular weight is 517 g/mol. The summed E-state index contributed by atoms with van der Waals surface area (Å²) in [4.78, 5) is 12.2. The molecule has 2 aromatic rings. The lowest BCUT2D eigenvalue weighted by Gasteiger charge is -2.42. The molecule has 2 atom stereocenters. The van der Waals surface area contributed by atoms with Crippen LogP contribution in [0.1, 0.15) is 13.8 Å². The van der Waals surface area contributed by atoms with Crippen molar-refractivity contribution in [3.05, 3.63) is 53.0 Å². The summed E-state index contributed by atoms with van der Waals surface area (Å²) in [7, 11) is -5.53. The minimum Gasteiger partial charge on any atom is -0.457 e. The lowest BCUT2D eigenvalue weighted by atomic mass is 10.0. The number of benzene rings is 2. The first kappa shape index (κ1) is 22.9. The fourth-order valence-corrected chi connectivity index (χ4v) is 6.79. The molecule has 162 valence electrons. The Labute approximate surface area is 185 Å². The van der Waals surface area contributed by atoms with Crippen LogP contribution in [0.2, 0.25) is 0 Å². The van der Waals surface area contributed by atoms with Crippen molar-refractivity contribution in [3.8, 4) is 11.5 Å². The van der Waals surface area contributed by atoms with Gasteiger partial charge in [-0.2, -0.15) is 4.31 Å². The van der Waals surface area contributed by atoms with Gasteiger partial charge < -0.3 is 4.74 Å². The van der Waals surface area contributed by atoms with Crippen molar-refractivity contribution in [1.29, 1.82) is 0 Å². The van der Waals surface area contributed by atoms with Crippen molar-refractivity contribution in [2.75, 3.05) is 12.3 Å². The van der Waals surface area contributed by atoms with Gasteiger partial charge in [0.2, 0.25) is 10.0 Å². The van der Waals surface area contributed by atoms with E-state index in [0.717, 1.165) is 8.78 Å². The Bertz CT molecular complexity index is 1060. The predicted molar refractivity (Wildman–Crippen MR) is 115 cm³/mol. The molecule has 2 N–H and O–H groups in total. The summed E-state index contributed by atoms with van der Waals surface area (Å²) < 4.78 is 45.3. The van der Waals surface area contributed by atoms with Gasteiger partial charge in [0.15, 0.2) is 0 Å². The van der Waals surface area contributed by atoms with Crippen molar-refractivity contribution in [1.82, 2.24) is 9.79 Å².